The third-order valence-corrected chi connectivity index (χ3v) is 20.7. The first kappa shape index (κ1) is 67.7. The largest absolute Gasteiger partial charge is 0.423 e. The maximum atomic E-state index is 14.3. The number of carbonyl (C=O) groups excluding carboxylic acids is 6. The Balaban J connectivity index is 1.04. The minimum absolute atomic E-state index is 0.0111. The maximum Gasteiger partial charge on any atom is 0.343 e. The SMILES string of the molecule is CN1C(=O)c2ccc(C(=O)Oc3ccc(C4=c5c(c(-c6ccc(OC(=O)c7ccc8c(c7)C(=O)N(C)C8=O)cc6)n(B(c6ccccc6)c6ccccc6)/c5=C(/C#N)c5cnc6cc(Cl)c(Cl)cc6n5)C(C(C#N)c5cnc6cc(Cl)c(Cl)cc6n5)N4B(c4ccccc4)c4ccccc4)cc3)cc2C1=O. The van der Waals surface area contributed by atoms with Crippen LogP contribution in [0.5, 0.6) is 11.5 Å². The summed E-state index contributed by atoms with van der Waals surface area (Å²) in [4.78, 5) is 105. The molecule has 0 saturated heterocycles. The highest BCUT2D eigenvalue weighted by atomic mass is 35.5. The Hall–Kier alpha value is -12.8. The monoisotopic (exact) mass is 1460 g/mol. The predicted octanol–water partition coefficient (Wildman–Crippen LogP) is 11.5. The van der Waals surface area contributed by atoms with Crippen molar-refractivity contribution in [3.05, 3.63) is 329 Å². The van der Waals surface area contributed by atoms with Crippen LogP contribution < -0.4 is 41.9 Å². The van der Waals surface area contributed by atoms with E-state index in [0.717, 1.165) is 31.7 Å². The summed E-state index contributed by atoms with van der Waals surface area (Å²) in [7, 11) is 2.74. The van der Waals surface area contributed by atoms with Gasteiger partial charge in [-0.1, -0.05) is 190 Å². The normalized spacial score (nSPS) is 14.2. The van der Waals surface area contributed by atoms with E-state index < -0.39 is 61.2 Å². The van der Waals surface area contributed by atoms with Gasteiger partial charge in [0.15, 0.2) is 0 Å². The number of fused-ring (bicyclic) bond motifs is 5. The summed E-state index contributed by atoms with van der Waals surface area (Å²) in [6.45, 7) is -1.68. The van der Waals surface area contributed by atoms with E-state index in [1.807, 2.05) is 121 Å². The molecule has 3 aliphatic heterocycles. The zero-order valence-electron chi connectivity index (χ0n) is 55.7. The third kappa shape index (κ3) is 11.8. The van der Waals surface area contributed by atoms with Gasteiger partial charge in [-0.2, -0.15) is 10.5 Å². The zero-order chi connectivity index (χ0) is 73.3. The smallest absolute Gasteiger partial charge is 0.343 e. The van der Waals surface area contributed by atoms with Crippen LogP contribution in [0.2, 0.25) is 20.1 Å². The Morgan fingerprint density at radius 1 is 0.481 bits per heavy atom. The van der Waals surface area contributed by atoms with E-state index in [9.17, 15) is 39.3 Å². The Morgan fingerprint density at radius 2 is 0.896 bits per heavy atom. The standard InChI is InChI=1S/C82H48B2Cl4N10O8/c1-95-77(99)55-33-27-47(35-57(55)79(95)101)81(103)105-53-29-23-45(24-30-53)73-71-72(76(60(42-90)70-44-92-66-38-62(86)64(88)40-68(66)94-70)97(73)83(49-15-7-3-8-16-49)50-17-9-4-10-18-50)74(46-25-31-54(32-26-46)106-82(104)48-28-34-56-58(36-48)80(102)96(2)78(56)100)98(84(51-19-11-5-12-20-51)52-21-13-6-14-22-52)75(71)59(41-89)69-43-91-65-37-61(85)63(87)39-67(65)93-69/h3-40,43-44,59,75H,1-2H3/b76-60-. The maximum absolute atomic E-state index is 14.3. The number of carbonyl (C=O) groups is 6. The van der Waals surface area contributed by atoms with Gasteiger partial charge in [0.25, 0.3) is 23.6 Å². The first-order chi connectivity index (χ1) is 51.5. The molecule has 106 heavy (non-hydrogen) atoms. The number of nitrogens with zero attached hydrogens (tertiary/aromatic N) is 10. The molecule has 10 aromatic carbocycles. The van der Waals surface area contributed by atoms with E-state index in [2.05, 4.69) is 21.4 Å². The van der Waals surface area contributed by atoms with Crippen molar-refractivity contribution in [2.45, 2.75) is 12.0 Å². The molecular weight excluding hydrogens is 1420 g/mol. The van der Waals surface area contributed by atoms with Gasteiger partial charge in [0, 0.05) is 36.3 Å². The quantitative estimate of drug-likeness (QED) is 0.0402. The highest BCUT2D eigenvalue weighted by molar-refractivity contribution is 6.85. The lowest BCUT2D eigenvalue weighted by molar-refractivity contribution is 0.0677. The van der Waals surface area contributed by atoms with E-state index in [-0.39, 0.29) is 81.9 Å². The number of aromatic nitrogens is 5. The van der Waals surface area contributed by atoms with Gasteiger partial charge in [-0.25, -0.2) is 19.6 Å². The van der Waals surface area contributed by atoms with Crippen LogP contribution in [0.3, 0.4) is 0 Å². The molecule has 508 valence electrons. The Kier molecular flexibility index (Phi) is 17.5. The van der Waals surface area contributed by atoms with Crippen molar-refractivity contribution < 1.29 is 38.2 Å². The highest BCUT2D eigenvalue weighted by Gasteiger charge is 2.49. The predicted molar refractivity (Wildman–Crippen MR) is 405 cm³/mol. The van der Waals surface area contributed by atoms with E-state index in [4.69, 9.17) is 75.8 Å². The minimum atomic E-state index is -1.31. The molecule has 16 rings (SSSR count). The van der Waals surface area contributed by atoms with Crippen molar-refractivity contribution in [1.29, 1.82) is 10.5 Å². The van der Waals surface area contributed by atoms with E-state index >= 15 is 0 Å². The van der Waals surface area contributed by atoms with Crippen LogP contribution in [0.4, 0.5) is 0 Å². The van der Waals surface area contributed by atoms with Crippen molar-refractivity contribution in [3.8, 4) is 34.9 Å². The Bertz CT molecular complexity index is 6070. The average Bonchev–Trinajstić information content (AvgIpc) is 1.52. The lowest BCUT2D eigenvalue weighted by atomic mass is 9.48. The van der Waals surface area contributed by atoms with Crippen molar-refractivity contribution in [1.82, 2.24) is 39.0 Å². The van der Waals surface area contributed by atoms with Crippen molar-refractivity contribution in [3.63, 3.8) is 0 Å². The number of halogens is 4. The molecule has 2 unspecified atom stereocenters. The second kappa shape index (κ2) is 27.4. The summed E-state index contributed by atoms with van der Waals surface area (Å²) in [6, 6.07) is 71.5. The third-order valence-electron chi connectivity index (χ3n) is 19.2. The second-order valence-corrected chi connectivity index (χ2v) is 27.0. The molecule has 2 atom stereocenters. The van der Waals surface area contributed by atoms with Gasteiger partial charge in [0.2, 0.25) is 0 Å². The lowest BCUT2D eigenvalue weighted by Gasteiger charge is -2.39. The van der Waals surface area contributed by atoms with Crippen LogP contribution in [0.15, 0.2) is 243 Å². The molecule has 24 heteroatoms. The molecule has 0 saturated carbocycles. The van der Waals surface area contributed by atoms with Crippen molar-refractivity contribution in [2.24, 2.45) is 0 Å². The molecule has 18 nitrogen and oxygen atoms in total. The minimum Gasteiger partial charge on any atom is -0.423 e. The molecule has 3 aliphatic rings. The molecule has 4 amide bonds. The van der Waals surface area contributed by atoms with Crippen LogP contribution in [0, 0.1) is 22.7 Å². The second-order valence-electron chi connectivity index (χ2n) is 25.3. The van der Waals surface area contributed by atoms with Crippen LogP contribution in [-0.4, -0.2) is 102 Å². The molecule has 0 aliphatic carbocycles. The Morgan fingerprint density at radius 3 is 1.35 bits per heavy atom. The average molecular weight is 1460 g/mol. The first-order valence-electron chi connectivity index (χ1n) is 33.1. The number of esters is 2. The molecule has 0 spiro atoms. The topological polar surface area (TPSA) is 235 Å². The van der Waals surface area contributed by atoms with E-state index in [1.54, 1.807) is 79.0 Å². The number of imide groups is 2. The fraction of sp³-hybridized carbons (Fsp3) is 0.0488. The fourth-order valence-electron chi connectivity index (χ4n) is 14.3. The van der Waals surface area contributed by atoms with Gasteiger partial charge in [-0.05, 0) is 120 Å². The summed E-state index contributed by atoms with van der Waals surface area (Å²) in [5.41, 5.74) is 7.69. The summed E-state index contributed by atoms with van der Waals surface area (Å²) in [5.74, 6) is -4.88. The van der Waals surface area contributed by atoms with E-state index in [1.165, 1.54) is 56.7 Å². The zero-order valence-corrected chi connectivity index (χ0v) is 58.7. The van der Waals surface area contributed by atoms with Crippen LogP contribution >= 0.6 is 46.4 Å². The molecule has 0 bridgehead atoms. The number of nitriles is 2. The highest BCUT2D eigenvalue weighted by Crippen LogP contribution is 2.47. The van der Waals surface area contributed by atoms with Crippen molar-refractivity contribution >= 4 is 151 Å². The molecule has 0 fully saturated rings. The van der Waals surface area contributed by atoms with Crippen LogP contribution in [0.25, 0.3) is 44.6 Å². The molecular formula is C82H48B2Cl4N10O8. The van der Waals surface area contributed by atoms with Gasteiger partial charge < -0.3 is 18.8 Å². The number of rotatable bonds is 15. The molecule has 13 aromatic rings. The van der Waals surface area contributed by atoms with Gasteiger partial charge in [0.05, 0.1) is 111 Å². The summed E-state index contributed by atoms with van der Waals surface area (Å²) >= 11 is 26.8. The number of amides is 4. The van der Waals surface area contributed by atoms with Gasteiger partial charge in [-0.15, -0.1) is 0 Å². The Labute approximate surface area is 625 Å². The van der Waals surface area contributed by atoms with Crippen LogP contribution in [0.1, 0.15) is 96.6 Å². The molecule has 0 N–H and O–H groups in total. The lowest BCUT2D eigenvalue weighted by Crippen LogP contribution is -2.58. The summed E-state index contributed by atoms with van der Waals surface area (Å²) < 4.78 is 14.4. The molecule has 6 heterocycles. The number of hydrogen-bond acceptors (Lipinski definition) is 15. The fourth-order valence-corrected chi connectivity index (χ4v) is 14.9. The molecule has 3 aromatic heterocycles. The summed E-state index contributed by atoms with van der Waals surface area (Å²) in [6.07, 6.45) is 3.05. The number of hydrogen-bond donors (Lipinski definition) is 0. The number of ether oxygens (including phenoxy) is 2. The van der Waals surface area contributed by atoms with Gasteiger partial charge in [-0.3, -0.25) is 38.9 Å². The van der Waals surface area contributed by atoms with Gasteiger partial charge >= 0.3 is 25.6 Å². The van der Waals surface area contributed by atoms with Crippen molar-refractivity contribution in [2.75, 3.05) is 14.1 Å². The van der Waals surface area contributed by atoms with E-state index in [0.29, 0.717) is 60.7 Å². The van der Waals surface area contributed by atoms with Crippen LogP contribution in [-0.2, 0) is 0 Å². The van der Waals surface area contributed by atoms with Gasteiger partial charge in [0.1, 0.15) is 34.8 Å². The number of benzene rings is 10. The first-order valence-corrected chi connectivity index (χ1v) is 34.6. The molecule has 0 radical (unpaired) electrons. The summed E-state index contributed by atoms with van der Waals surface area (Å²) in [5, 5.41) is 26.8.